The van der Waals surface area contributed by atoms with Crippen molar-refractivity contribution in [2.75, 3.05) is 0 Å². The molecule has 0 aliphatic heterocycles. The van der Waals surface area contributed by atoms with Crippen LogP contribution in [0.3, 0.4) is 0 Å². The molecule has 0 radical (unpaired) electrons. The van der Waals surface area contributed by atoms with Gasteiger partial charge >= 0.3 is 7.82 Å². The van der Waals surface area contributed by atoms with E-state index in [9.17, 15) is 0 Å². The lowest BCUT2D eigenvalue weighted by Gasteiger charge is -2.27. The normalized spacial score (nSPS) is 11.4. The summed E-state index contributed by atoms with van der Waals surface area (Å²) in [4.78, 5) is 0. The average molecular weight is 1120 g/mol. The average Bonchev–Trinajstić information content (AvgIpc) is 3.66. The summed E-state index contributed by atoms with van der Waals surface area (Å²) >= 11 is 0. The van der Waals surface area contributed by atoms with E-state index in [2.05, 4.69) is 205 Å². The Morgan fingerprint density at radius 1 is 0.241 bits per heavy atom. The van der Waals surface area contributed by atoms with Gasteiger partial charge < -0.3 is 13.6 Å². The Bertz CT molecular complexity index is 3220. The van der Waals surface area contributed by atoms with Crippen molar-refractivity contribution >= 4 is 7.82 Å². The van der Waals surface area contributed by atoms with Gasteiger partial charge in [0.25, 0.3) is 0 Å². The molecule has 0 saturated carbocycles. The van der Waals surface area contributed by atoms with Crippen molar-refractivity contribution in [3.05, 3.63) is 234 Å². The molecule has 0 bridgehead atoms. The van der Waals surface area contributed by atoms with E-state index < -0.39 is 7.82 Å². The minimum atomic E-state index is -4.86. The summed E-state index contributed by atoms with van der Waals surface area (Å²) < 4.78 is 39.9. The van der Waals surface area contributed by atoms with Crippen molar-refractivity contribution in [1.82, 2.24) is 0 Å². The fraction of sp³-hybridized carbons (Fsp3) is 0.308. The van der Waals surface area contributed by atoms with Crippen LogP contribution in [0.5, 0.6) is 17.2 Å². The molecule has 5 heteroatoms. The Morgan fingerprint density at radius 3 is 0.663 bits per heavy atom. The van der Waals surface area contributed by atoms with Gasteiger partial charge in [-0.2, -0.15) is 4.57 Å². The molecule has 0 aliphatic carbocycles. The first kappa shape index (κ1) is 60.2. The van der Waals surface area contributed by atoms with Gasteiger partial charge in [-0.3, -0.25) is 0 Å². The summed E-state index contributed by atoms with van der Waals surface area (Å²) in [5.74, 6) is 1.28. The molecule has 0 spiro atoms. The van der Waals surface area contributed by atoms with Crippen LogP contribution in [0.2, 0.25) is 0 Å². The van der Waals surface area contributed by atoms with Crippen molar-refractivity contribution < 1.29 is 18.1 Å². The minimum absolute atomic E-state index is 0.428. The first-order chi connectivity index (χ1) is 40.8. The predicted octanol–water partition coefficient (Wildman–Crippen LogP) is 23.4. The van der Waals surface area contributed by atoms with Crippen molar-refractivity contribution in [2.24, 2.45) is 0 Å². The van der Waals surface area contributed by atoms with Gasteiger partial charge in [-0.1, -0.05) is 262 Å². The van der Waals surface area contributed by atoms with E-state index >= 15 is 4.57 Å². The molecule has 0 unspecified atom stereocenters. The maximum atomic E-state index is 17.5. The minimum Gasteiger partial charge on any atom is -0.385 e. The number of rotatable bonds is 30. The first-order valence-electron chi connectivity index (χ1n) is 31.4. The quantitative estimate of drug-likeness (QED) is 0.0421. The van der Waals surface area contributed by atoms with Gasteiger partial charge in [0, 0.05) is 16.7 Å². The second kappa shape index (κ2) is 30.2. The van der Waals surface area contributed by atoms with Crippen molar-refractivity contribution in [2.45, 2.75) is 157 Å². The zero-order valence-corrected chi connectivity index (χ0v) is 51.3. The molecule has 0 atom stereocenters. The lowest BCUT2D eigenvalue weighted by atomic mass is 9.87. The molecule has 0 fully saturated rings. The van der Waals surface area contributed by atoms with E-state index in [1.165, 1.54) is 33.4 Å². The van der Waals surface area contributed by atoms with E-state index in [-0.39, 0.29) is 0 Å². The summed E-state index contributed by atoms with van der Waals surface area (Å²) in [5.41, 5.74) is 19.5. The second-order valence-electron chi connectivity index (χ2n) is 22.3. The molecular formula is C78H87O4P. The Hall–Kier alpha value is -7.39. The fourth-order valence-corrected chi connectivity index (χ4v) is 13.2. The van der Waals surface area contributed by atoms with Crippen LogP contribution in [0.25, 0.3) is 66.8 Å². The molecule has 9 rings (SSSR count). The Morgan fingerprint density at radius 2 is 0.434 bits per heavy atom. The van der Waals surface area contributed by atoms with Gasteiger partial charge in [-0.15, -0.1) is 0 Å². The summed E-state index contributed by atoms with van der Waals surface area (Å²) in [6.07, 6.45) is 18.1. The number of hydrogen-bond acceptors (Lipinski definition) is 4. The fourth-order valence-electron chi connectivity index (χ4n) is 11.9. The third-order valence-corrected chi connectivity index (χ3v) is 17.6. The van der Waals surface area contributed by atoms with Crippen LogP contribution in [-0.2, 0) is 43.1 Å². The smallest absolute Gasteiger partial charge is 0.385 e. The molecule has 428 valence electrons. The van der Waals surface area contributed by atoms with Crippen LogP contribution >= 0.6 is 7.82 Å². The molecule has 9 aromatic rings. The lowest BCUT2D eigenvalue weighted by Crippen LogP contribution is -2.11. The molecule has 0 heterocycles. The van der Waals surface area contributed by atoms with Gasteiger partial charge in [-0.25, -0.2) is 0 Å². The van der Waals surface area contributed by atoms with Crippen molar-refractivity contribution in [3.8, 4) is 84.0 Å². The number of unbranched alkanes of at least 4 members (excludes halogenated alkanes) is 6. The summed E-state index contributed by atoms with van der Waals surface area (Å²) in [7, 11) is -4.86. The van der Waals surface area contributed by atoms with Crippen LogP contribution in [0.4, 0.5) is 0 Å². The van der Waals surface area contributed by atoms with Crippen LogP contribution in [0.1, 0.15) is 152 Å². The van der Waals surface area contributed by atoms with Gasteiger partial charge in [-0.05, 0) is 179 Å². The third-order valence-electron chi connectivity index (χ3n) is 16.3. The zero-order valence-electron chi connectivity index (χ0n) is 50.4. The van der Waals surface area contributed by atoms with Gasteiger partial charge in [0.15, 0.2) is 0 Å². The number of phosphoric ester groups is 1. The van der Waals surface area contributed by atoms with E-state index in [0.29, 0.717) is 17.2 Å². The van der Waals surface area contributed by atoms with E-state index in [1.807, 2.05) is 36.4 Å². The predicted molar refractivity (Wildman–Crippen MR) is 353 cm³/mol. The monoisotopic (exact) mass is 1120 g/mol. The SMILES string of the molecule is CCCCc1ccccc1-c1cccc(OP(=O)(Oc2cccc(-c3ccccc3CCCC)c2-c2ccccc2CCCC)Oc2cccc(-c3ccccc3CCCC)c2-c2ccccc2CCCC)c1-c1ccccc1CCCC. The van der Waals surface area contributed by atoms with Gasteiger partial charge in [0.2, 0.25) is 0 Å². The molecule has 83 heavy (non-hydrogen) atoms. The largest absolute Gasteiger partial charge is 0.647 e. The zero-order chi connectivity index (χ0) is 57.8. The second-order valence-corrected chi connectivity index (χ2v) is 23.8. The summed E-state index contributed by atoms with van der Waals surface area (Å²) in [5, 5.41) is 0. The highest BCUT2D eigenvalue weighted by atomic mass is 31.2. The van der Waals surface area contributed by atoms with E-state index in [1.54, 1.807) is 0 Å². The molecule has 4 nitrogen and oxygen atoms in total. The topological polar surface area (TPSA) is 44.8 Å². The molecular weight excluding hydrogens is 1030 g/mol. The van der Waals surface area contributed by atoms with Crippen LogP contribution < -0.4 is 13.6 Å². The highest BCUT2D eigenvalue weighted by Crippen LogP contribution is 2.58. The third kappa shape index (κ3) is 14.7. The van der Waals surface area contributed by atoms with Crippen molar-refractivity contribution in [1.29, 1.82) is 0 Å². The maximum absolute atomic E-state index is 17.5. The van der Waals surface area contributed by atoms with E-state index in [0.717, 1.165) is 182 Å². The highest BCUT2D eigenvalue weighted by Gasteiger charge is 2.38. The molecule has 9 aromatic carbocycles. The molecule has 0 amide bonds. The standard InChI is InChI=1S/C78H87O4P/c1-7-13-34-58-40-19-25-46-64(58)70-52-31-55-73(76(70)67-49-28-22-43-61(67)37-16-10-4)80-83(79,81-74-56-32-53-71(65-47-26-20-41-59(65)35-14-8-2)77(74)68-50-29-23-44-62(68)38-17-11-5)82-75-57-33-54-72(66-48-27-21-42-60(66)36-15-9-3)78(75)69-51-30-24-45-63(69)39-18-12-6/h19-33,40-57H,7-18,34-39H2,1-6H3. The Kier molecular flexibility index (Phi) is 21.9. The number of aryl methyl sites for hydroxylation is 6. The van der Waals surface area contributed by atoms with Gasteiger partial charge in [0.05, 0.1) is 0 Å². The molecule has 0 aliphatic rings. The van der Waals surface area contributed by atoms with Crippen molar-refractivity contribution in [3.63, 3.8) is 0 Å². The lowest BCUT2D eigenvalue weighted by molar-refractivity contribution is 0.299. The van der Waals surface area contributed by atoms with Crippen LogP contribution in [-0.4, -0.2) is 0 Å². The number of hydrogen-bond donors (Lipinski definition) is 0. The highest BCUT2D eigenvalue weighted by molar-refractivity contribution is 7.49. The molecule has 0 saturated heterocycles. The Labute approximate surface area is 498 Å². The maximum Gasteiger partial charge on any atom is 0.647 e. The van der Waals surface area contributed by atoms with Crippen LogP contribution in [0, 0.1) is 0 Å². The first-order valence-corrected chi connectivity index (χ1v) is 32.9. The summed E-state index contributed by atoms with van der Waals surface area (Å²) in [6.45, 7) is 13.5. The molecule has 0 aromatic heterocycles. The summed E-state index contributed by atoms with van der Waals surface area (Å²) in [6, 6.07) is 70.9. The van der Waals surface area contributed by atoms with E-state index in [4.69, 9.17) is 13.6 Å². The van der Waals surface area contributed by atoms with Gasteiger partial charge in [0.1, 0.15) is 17.2 Å². The number of phosphoric acid groups is 1. The Balaban J connectivity index is 1.35. The number of benzene rings is 9. The molecule has 0 N–H and O–H groups in total. The van der Waals surface area contributed by atoms with Crippen LogP contribution in [0.15, 0.2) is 200 Å².